The van der Waals surface area contributed by atoms with Gasteiger partial charge < -0.3 is 9.80 Å². The molecule has 1 fully saturated rings. The molecule has 0 unspecified atom stereocenters. The molecule has 8 nitrogen and oxygen atoms in total. The molecule has 3 rings (SSSR count). The van der Waals surface area contributed by atoms with E-state index in [4.69, 9.17) is 0 Å². The number of nitrogens with zero attached hydrogens (tertiary/aromatic N) is 5. The molecule has 3 heterocycles. The van der Waals surface area contributed by atoms with Crippen molar-refractivity contribution in [3.8, 4) is 11.4 Å². The average Bonchev–Trinajstić information content (AvgIpc) is 3.19. The Morgan fingerprint density at radius 1 is 1.00 bits per heavy atom. The van der Waals surface area contributed by atoms with Gasteiger partial charge in [-0.25, -0.2) is 0 Å². The normalized spacial score (nSPS) is 16.7. The van der Waals surface area contributed by atoms with Crippen molar-refractivity contribution in [2.45, 2.75) is 73.8 Å². The molecule has 34 heavy (non-hydrogen) atoms. The topological polar surface area (TPSA) is 95.1 Å². The van der Waals surface area contributed by atoms with Crippen molar-refractivity contribution in [1.29, 1.82) is 0 Å². The van der Waals surface area contributed by atoms with E-state index in [2.05, 4.69) is 61.9 Å². The summed E-state index contributed by atoms with van der Waals surface area (Å²) < 4.78 is 0. The van der Waals surface area contributed by atoms with Gasteiger partial charge in [-0.2, -0.15) is 5.10 Å². The number of carbonyl (C=O) groups is 2. The van der Waals surface area contributed by atoms with Crippen LogP contribution in [0.4, 0.5) is 0 Å². The molecule has 0 aliphatic carbocycles. The van der Waals surface area contributed by atoms with Gasteiger partial charge in [-0.15, -0.1) is 10.2 Å². The van der Waals surface area contributed by atoms with E-state index >= 15 is 0 Å². The van der Waals surface area contributed by atoms with Crippen molar-refractivity contribution in [3.63, 3.8) is 0 Å². The van der Waals surface area contributed by atoms with Gasteiger partial charge in [-0.1, -0.05) is 41.5 Å². The molecule has 0 radical (unpaired) electrons. The van der Waals surface area contributed by atoms with E-state index in [1.54, 1.807) is 6.92 Å². The van der Waals surface area contributed by atoms with Crippen molar-refractivity contribution >= 4 is 11.8 Å². The van der Waals surface area contributed by atoms with Crippen molar-refractivity contribution in [3.05, 3.63) is 29.1 Å². The summed E-state index contributed by atoms with van der Waals surface area (Å²) >= 11 is 0. The Kier molecular flexibility index (Phi) is 8.44. The van der Waals surface area contributed by atoms with Crippen molar-refractivity contribution in [2.75, 3.05) is 19.6 Å². The monoisotopic (exact) mass is 468 g/mol. The van der Waals surface area contributed by atoms with Crippen LogP contribution in [0.15, 0.2) is 12.1 Å². The van der Waals surface area contributed by atoms with Gasteiger partial charge in [-0.05, 0) is 54.7 Å². The fraction of sp³-hybridized carbons (Fsp3) is 0.654. The Labute approximate surface area is 203 Å². The van der Waals surface area contributed by atoms with Crippen LogP contribution in [0.2, 0.25) is 0 Å². The van der Waals surface area contributed by atoms with E-state index in [0.717, 1.165) is 41.9 Å². The number of aromatic nitrogens is 4. The van der Waals surface area contributed by atoms with Gasteiger partial charge in [0.15, 0.2) is 5.69 Å². The van der Waals surface area contributed by atoms with Gasteiger partial charge in [0.2, 0.25) is 5.91 Å². The Hall–Kier alpha value is -2.77. The zero-order valence-electron chi connectivity index (χ0n) is 21.8. The van der Waals surface area contributed by atoms with E-state index < -0.39 is 0 Å². The molecule has 1 N–H and O–H groups in total. The molecule has 0 saturated carbocycles. The first kappa shape index (κ1) is 25.8. The predicted octanol–water partition coefficient (Wildman–Crippen LogP) is 3.98. The number of hydrogen-bond donors (Lipinski definition) is 1. The lowest BCUT2D eigenvalue weighted by atomic mass is 9.98. The molecular weight excluding hydrogens is 428 g/mol. The predicted molar refractivity (Wildman–Crippen MR) is 133 cm³/mol. The molecule has 186 valence electrons. The Balaban J connectivity index is 1.85. The molecule has 8 heteroatoms. The summed E-state index contributed by atoms with van der Waals surface area (Å²) in [5.74, 6) is 1.30. The quantitative estimate of drug-likeness (QED) is 0.632. The number of piperazine rings is 1. The van der Waals surface area contributed by atoms with Crippen LogP contribution in [0.25, 0.3) is 11.4 Å². The molecule has 0 bridgehead atoms. The van der Waals surface area contributed by atoms with Crippen LogP contribution in [0.3, 0.4) is 0 Å². The number of rotatable bonds is 8. The van der Waals surface area contributed by atoms with E-state index in [0.29, 0.717) is 43.1 Å². The number of H-pyrrole nitrogens is 1. The highest BCUT2D eigenvalue weighted by atomic mass is 16.2. The largest absolute Gasteiger partial charge is 0.336 e. The summed E-state index contributed by atoms with van der Waals surface area (Å²) in [5.41, 5.74) is 3.95. The molecular formula is C26H40N6O2. The Morgan fingerprint density at radius 2 is 1.71 bits per heavy atom. The van der Waals surface area contributed by atoms with Gasteiger partial charge in [-0.3, -0.25) is 14.7 Å². The zero-order chi connectivity index (χ0) is 25.0. The summed E-state index contributed by atoms with van der Waals surface area (Å²) in [5, 5.41) is 16.4. The molecule has 2 aromatic rings. The molecule has 1 aliphatic heterocycles. The number of hydrogen-bond acceptors (Lipinski definition) is 5. The fourth-order valence-electron chi connectivity index (χ4n) is 4.73. The lowest BCUT2D eigenvalue weighted by Crippen LogP contribution is -2.56. The third kappa shape index (κ3) is 6.42. The minimum Gasteiger partial charge on any atom is -0.336 e. The van der Waals surface area contributed by atoms with E-state index in [1.807, 2.05) is 21.9 Å². The number of aromatic amines is 1. The molecule has 0 spiro atoms. The van der Waals surface area contributed by atoms with Crippen LogP contribution < -0.4 is 0 Å². The van der Waals surface area contributed by atoms with Gasteiger partial charge >= 0.3 is 0 Å². The molecule has 2 amide bonds. The minimum absolute atomic E-state index is 0.0296. The highest BCUT2D eigenvalue weighted by Crippen LogP contribution is 2.25. The summed E-state index contributed by atoms with van der Waals surface area (Å²) in [6.45, 7) is 16.1. The van der Waals surface area contributed by atoms with Gasteiger partial charge in [0.1, 0.15) is 5.69 Å². The Morgan fingerprint density at radius 3 is 2.32 bits per heavy atom. The zero-order valence-corrected chi connectivity index (χ0v) is 21.8. The maximum absolute atomic E-state index is 13.4. The maximum atomic E-state index is 13.4. The van der Waals surface area contributed by atoms with Gasteiger partial charge in [0.25, 0.3) is 5.91 Å². The van der Waals surface area contributed by atoms with Crippen molar-refractivity contribution in [1.82, 2.24) is 30.2 Å². The minimum atomic E-state index is -0.119. The van der Waals surface area contributed by atoms with Crippen LogP contribution in [0.5, 0.6) is 0 Å². The number of nitrogens with one attached hydrogen (secondary N) is 1. The second-order valence-electron chi connectivity index (χ2n) is 10.8. The second-order valence-corrected chi connectivity index (χ2v) is 10.8. The van der Waals surface area contributed by atoms with Gasteiger partial charge in [0.05, 0.1) is 11.4 Å². The van der Waals surface area contributed by atoms with Crippen molar-refractivity contribution in [2.24, 2.45) is 17.8 Å². The smallest absolute Gasteiger partial charge is 0.274 e. The first-order valence-electron chi connectivity index (χ1n) is 12.5. The van der Waals surface area contributed by atoms with E-state index in [1.165, 1.54) is 0 Å². The third-order valence-electron chi connectivity index (χ3n) is 6.14. The number of amides is 2. The number of carbonyl (C=O) groups excluding carboxylic acids is 2. The van der Waals surface area contributed by atoms with Crippen LogP contribution >= 0.6 is 0 Å². The molecule has 2 aromatic heterocycles. The van der Waals surface area contributed by atoms with E-state index in [-0.39, 0.29) is 17.9 Å². The first-order chi connectivity index (χ1) is 16.0. The summed E-state index contributed by atoms with van der Waals surface area (Å²) in [6.07, 6.45) is 2.55. The SMILES string of the molecule is CC(=O)N1CCN(C(=O)c2cc(CC(C)C)c(-c3cc(CC(C)C)n[nH]3)nn2)C[C@@H]1CC(C)C. The van der Waals surface area contributed by atoms with Crippen LogP contribution in [0, 0.1) is 17.8 Å². The van der Waals surface area contributed by atoms with Crippen LogP contribution in [-0.2, 0) is 17.6 Å². The highest BCUT2D eigenvalue weighted by molar-refractivity contribution is 5.93. The lowest BCUT2D eigenvalue weighted by molar-refractivity contribution is -0.133. The molecule has 1 atom stereocenters. The highest BCUT2D eigenvalue weighted by Gasteiger charge is 2.32. The third-order valence-corrected chi connectivity index (χ3v) is 6.14. The standard InChI is InChI=1S/C26H40N6O2/c1-16(2)10-20-13-24(29-30-25(20)23-14-21(27-28-23)11-17(3)4)26(34)31-8-9-32(19(7)33)22(15-31)12-18(5)6/h13-14,16-18,22H,8-12,15H2,1-7H3,(H,27,28)/t22-/m0/s1. The van der Waals surface area contributed by atoms with Crippen LogP contribution in [0.1, 0.15) is 76.6 Å². The Bertz CT molecular complexity index is 997. The first-order valence-corrected chi connectivity index (χ1v) is 12.5. The fourth-order valence-corrected chi connectivity index (χ4v) is 4.73. The average molecular weight is 469 g/mol. The van der Waals surface area contributed by atoms with E-state index in [9.17, 15) is 9.59 Å². The lowest BCUT2D eigenvalue weighted by Gasteiger charge is -2.41. The van der Waals surface area contributed by atoms with Crippen molar-refractivity contribution < 1.29 is 9.59 Å². The molecule has 1 saturated heterocycles. The summed E-state index contributed by atoms with van der Waals surface area (Å²) in [7, 11) is 0. The summed E-state index contributed by atoms with van der Waals surface area (Å²) in [4.78, 5) is 29.3. The maximum Gasteiger partial charge on any atom is 0.274 e. The molecule has 1 aliphatic rings. The second kappa shape index (κ2) is 11.1. The van der Waals surface area contributed by atoms with Crippen LogP contribution in [-0.4, -0.2) is 67.7 Å². The van der Waals surface area contributed by atoms with Gasteiger partial charge in [0, 0.05) is 32.6 Å². The summed E-state index contributed by atoms with van der Waals surface area (Å²) in [6, 6.07) is 3.96. The molecule has 0 aromatic carbocycles.